The van der Waals surface area contributed by atoms with Crippen molar-refractivity contribution in [2.24, 2.45) is 0 Å². The lowest BCUT2D eigenvalue weighted by Crippen LogP contribution is -1.98. The normalized spacial score (nSPS) is 11.8. The van der Waals surface area contributed by atoms with Crippen LogP contribution in [0.1, 0.15) is 0 Å². The van der Waals surface area contributed by atoms with Crippen molar-refractivity contribution in [3.63, 3.8) is 0 Å². The van der Waals surface area contributed by atoms with Crippen molar-refractivity contribution in [1.82, 2.24) is 0 Å². The van der Waals surface area contributed by atoms with Crippen LogP contribution >= 0.6 is 0 Å². The summed E-state index contributed by atoms with van der Waals surface area (Å²) in [6, 6.07) is 12.5. The minimum atomic E-state index is -4.15. The molecule has 0 amide bonds. The molecule has 0 saturated carbocycles. The molecule has 0 aliphatic heterocycles. The lowest BCUT2D eigenvalue weighted by molar-refractivity contribution is 0.484. The zero-order valence-electron chi connectivity index (χ0n) is 7.14. The second-order valence-electron chi connectivity index (χ2n) is 2.88. The van der Waals surface area contributed by atoms with Crippen LogP contribution in [0.2, 0.25) is 0 Å². The lowest BCUT2D eigenvalue weighted by Gasteiger charge is -2.01. The van der Waals surface area contributed by atoms with Crippen LogP contribution in [-0.4, -0.2) is 13.0 Å². The molecule has 0 bridgehead atoms. The van der Waals surface area contributed by atoms with Gasteiger partial charge in [0.15, 0.2) is 0 Å². The fourth-order valence-corrected chi connectivity index (χ4v) is 2.06. The Morgan fingerprint density at radius 1 is 1.21 bits per heavy atom. The van der Waals surface area contributed by atoms with E-state index in [1.54, 1.807) is 30.3 Å². The molecule has 4 heteroatoms. The molecule has 1 N–H and O–H groups in total. The third-order valence-electron chi connectivity index (χ3n) is 1.96. The van der Waals surface area contributed by atoms with Crippen LogP contribution in [0.3, 0.4) is 0 Å². The van der Waals surface area contributed by atoms with E-state index in [1.165, 1.54) is 6.07 Å². The maximum Gasteiger partial charge on any atom is 0.295 e. The van der Waals surface area contributed by atoms with E-state index in [2.05, 4.69) is 6.07 Å². The van der Waals surface area contributed by atoms with Crippen LogP contribution in [0.25, 0.3) is 10.8 Å². The maximum absolute atomic E-state index is 11.0. The van der Waals surface area contributed by atoms with Gasteiger partial charge in [0, 0.05) is 5.39 Å². The van der Waals surface area contributed by atoms with E-state index in [1.807, 2.05) is 0 Å². The van der Waals surface area contributed by atoms with Crippen molar-refractivity contribution in [2.75, 3.05) is 0 Å². The van der Waals surface area contributed by atoms with Gasteiger partial charge >= 0.3 is 0 Å². The van der Waals surface area contributed by atoms with Crippen molar-refractivity contribution in [3.05, 3.63) is 42.5 Å². The quantitative estimate of drug-likeness (QED) is 0.726. The Balaban J connectivity index is 2.92. The van der Waals surface area contributed by atoms with Gasteiger partial charge in [0.05, 0.1) is 0 Å². The van der Waals surface area contributed by atoms with Gasteiger partial charge in [-0.3, -0.25) is 4.55 Å². The van der Waals surface area contributed by atoms with Gasteiger partial charge in [-0.05, 0) is 23.6 Å². The Hall–Kier alpha value is -1.39. The second kappa shape index (κ2) is 3.08. The van der Waals surface area contributed by atoms with Crippen LogP contribution < -0.4 is 0 Å². The van der Waals surface area contributed by atoms with Crippen LogP contribution in [0, 0.1) is 6.07 Å². The molecule has 2 aromatic carbocycles. The molecule has 0 saturated heterocycles. The van der Waals surface area contributed by atoms with Gasteiger partial charge in [-0.1, -0.05) is 24.3 Å². The molecule has 0 spiro atoms. The van der Waals surface area contributed by atoms with E-state index in [-0.39, 0.29) is 4.90 Å². The van der Waals surface area contributed by atoms with Gasteiger partial charge in [0.1, 0.15) is 4.90 Å². The summed E-state index contributed by atoms with van der Waals surface area (Å²) in [4.78, 5) is -0.0770. The highest BCUT2D eigenvalue weighted by molar-refractivity contribution is 7.86. The molecule has 1 radical (unpaired) electrons. The monoisotopic (exact) mass is 207 g/mol. The van der Waals surface area contributed by atoms with Crippen molar-refractivity contribution < 1.29 is 13.0 Å². The number of hydrogen-bond acceptors (Lipinski definition) is 2. The topological polar surface area (TPSA) is 54.4 Å². The van der Waals surface area contributed by atoms with Gasteiger partial charge in [0.2, 0.25) is 0 Å². The van der Waals surface area contributed by atoms with Crippen molar-refractivity contribution >= 4 is 20.9 Å². The molecule has 2 rings (SSSR count). The average molecular weight is 207 g/mol. The molecule has 0 aliphatic carbocycles. The summed E-state index contributed by atoms with van der Waals surface area (Å²) in [5.41, 5.74) is 0. The third kappa shape index (κ3) is 1.49. The minimum Gasteiger partial charge on any atom is -0.282 e. The molecule has 0 fully saturated rings. The third-order valence-corrected chi connectivity index (χ3v) is 2.88. The van der Waals surface area contributed by atoms with Gasteiger partial charge in [-0.25, -0.2) is 0 Å². The average Bonchev–Trinajstić information content (AvgIpc) is 2.15. The molecule has 0 atom stereocenters. The first-order valence-corrected chi connectivity index (χ1v) is 5.39. The molecular formula is C10H7O3S. The summed E-state index contributed by atoms with van der Waals surface area (Å²) in [7, 11) is -4.15. The maximum atomic E-state index is 11.0. The van der Waals surface area contributed by atoms with E-state index < -0.39 is 10.1 Å². The van der Waals surface area contributed by atoms with Gasteiger partial charge in [-0.15, -0.1) is 0 Å². The molecule has 0 unspecified atom stereocenters. The Morgan fingerprint density at radius 3 is 2.71 bits per heavy atom. The molecule has 2 aromatic rings. The molecule has 0 heterocycles. The molecule has 71 valence electrons. The first kappa shape index (κ1) is 9.18. The summed E-state index contributed by atoms with van der Waals surface area (Å²) in [5.74, 6) is 0. The van der Waals surface area contributed by atoms with E-state index >= 15 is 0 Å². The highest BCUT2D eigenvalue weighted by Gasteiger charge is 2.12. The van der Waals surface area contributed by atoms with Gasteiger partial charge < -0.3 is 0 Å². The first-order valence-electron chi connectivity index (χ1n) is 3.95. The SMILES string of the molecule is O=S(=O)(O)c1cccc2cc[c]cc12. The van der Waals surface area contributed by atoms with Crippen molar-refractivity contribution in [1.29, 1.82) is 0 Å². The summed E-state index contributed by atoms with van der Waals surface area (Å²) in [5, 5.41) is 1.25. The number of fused-ring (bicyclic) bond motifs is 1. The number of benzene rings is 2. The smallest absolute Gasteiger partial charge is 0.282 e. The number of rotatable bonds is 1. The van der Waals surface area contributed by atoms with E-state index in [0.29, 0.717) is 5.39 Å². The van der Waals surface area contributed by atoms with Gasteiger partial charge in [-0.2, -0.15) is 8.42 Å². The molecule has 3 nitrogen and oxygen atoms in total. The molecule has 0 aliphatic rings. The fraction of sp³-hybridized carbons (Fsp3) is 0. The highest BCUT2D eigenvalue weighted by Crippen LogP contribution is 2.21. The molecular weight excluding hydrogens is 200 g/mol. The summed E-state index contributed by atoms with van der Waals surface area (Å²) in [6.45, 7) is 0. The van der Waals surface area contributed by atoms with Crippen molar-refractivity contribution in [3.8, 4) is 0 Å². The highest BCUT2D eigenvalue weighted by atomic mass is 32.2. The predicted molar refractivity (Wildman–Crippen MR) is 52.6 cm³/mol. The Labute approximate surface area is 81.7 Å². The minimum absolute atomic E-state index is 0.0770. The van der Waals surface area contributed by atoms with Crippen molar-refractivity contribution in [2.45, 2.75) is 4.90 Å². The standard InChI is InChI=1S/C10H7O3S/c11-14(12,13)10-7-3-5-8-4-1-2-6-9(8)10/h1,3-7H,(H,11,12,13). The predicted octanol–water partition coefficient (Wildman–Crippen LogP) is 1.89. The summed E-state index contributed by atoms with van der Waals surface area (Å²) < 4.78 is 30.9. The fourth-order valence-electron chi connectivity index (χ4n) is 1.36. The Kier molecular flexibility index (Phi) is 2.02. The zero-order chi connectivity index (χ0) is 10.2. The Bertz CT molecular complexity index is 567. The van der Waals surface area contributed by atoms with E-state index in [4.69, 9.17) is 4.55 Å². The second-order valence-corrected chi connectivity index (χ2v) is 4.27. The summed E-state index contributed by atoms with van der Waals surface area (Å²) >= 11 is 0. The van der Waals surface area contributed by atoms with Crippen LogP contribution in [0.4, 0.5) is 0 Å². The zero-order valence-corrected chi connectivity index (χ0v) is 7.95. The first-order chi connectivity index (χ1) is 6.59. The van der Waals surface area contributed by atoms with Crippen LogP contribution in [0.15, 0.2) is 41.3 Å². The number of hydrogen-bond donors (Lipinski definition) is 1. The lowest BCUT2D eigenvalue weighted by atomic mass is 10.1. The Morgan fingerprint density at radius 2 is 2.00 bits per heavy atom. The van der Waals surface area contributed by atoms with E-state index in [9.17, 15) is 8.42 Å². The molecule has 14 heavy (non-hydrogen) atoms. The van der Waals surface area contributed by atoms with E-state index in [0.717, 1.165) is 5.39 Å². The summed E-state index contributed by atoms with van der Waals surface area (Å²) in [6.07, 6.45) is 0. The van der Waals surface area contributed by atoms with Crippen LogP contribution in [0.5, 0.6) is 0 Å². The largest absolute Gasteiger partial charge is 0.295 e. The van der Waals surface area contributed by atoms with Crippen LogP contribution in [-0.2, 0) is 10.1 Å². The molecule has 0 aromatic heterocycles. The van der Waals surface area contributed by atoms with Gasteiger partial charge in [0.25, 0.3) is 10.1 Å².